The fourth-order valence-corrected chi connectivity index (χ4v) is 4.32. The zero-order chi connectivity index (χ0) is 13.6. The Kier molecular flexibility index (Phi) is 3.35. The second-order valence-electron chi connectivity index (χ2n) is 5.42. The van der Waals surface area contributed by atoms with E-state index in [0.717, 1.165) is 29.5 Å². The van der Waals surface area contributed by atoms with Gasteiger partial charge in [-0.15, -0.1) is 11.3 Å². The maximum Gasteiger partial charge on any atom is 0.263 e. The molecule has 5 heteroatoms. The molecule has 0 aliphatic heterocycles. The Morgan fingerprint density at radius 1 is 1.47 bits per heavy atom. The van der Waals surface area contributed by atoms with Gasteiger partial charge in [0.15, 0.2) is 4.77 Å². The van der Waals surface area contributed by atoms with Crippen LogP contribution in [0.4, 0.5) is 0 Å². The zero-order valence-electron chi connectivity index (χ0n) is 11.3. The summed E-state index contributed by atoms with van der Waals surface area (Å²) in [7, 11) is 0. The van der Waals surface area contributed by atoms with Crippen molar-refractivity contribution in [2.45, 2.75) is 46.1 Å². The first kappa shape index (κ1) is 13.1. The van der Waals surface area contributed by atoms with E-state index in [1.165, 1.54) is 16.9 Å². The minimum absolute atomic E-state index is 0.110. The fourth-order valence-electron chi connectivity index (χ4n) is 2.72. The Bertz CT molecular complexity index is 738. The van der Waals surface area contributed by atoms with E-state index in [4.69, 9.17) is 12.2 Å². The molecule has 3 nitrogen and oxygen atoms in total. The van der Waals surface area contributed by atoms with E-state index < -0.39 is 0 Å². The molecule has 0 amide bonds. The number of fused-ring (bicyclic) bond motifs is 3. The summed E-state index contributed by atoms with van der Waals surface area (Å²) in [5.74, 6) is 0.469. The molecule has 1 N–H and O–H groups in total. The lowest BCUT2D eigenvalue weighted by molar-refractivity contribution is 0.454. The summed E-state index contributed by atoms with van der Waals surface area (Å²) in [4.78, 5) is 18.3. The predicted octanol–water partition coefficient (Wildman–Crippen LogP) is 3.66. The summed E-state index contributed by atoms with van der Waals surface area (Å²) in [5, 5.41) is 0.898. The zero-order valence-corrected chi connectivity index (χ0v) is 12.9. The number of hydrogen-bond acceptors (Lipinski definition) is 3. The van der Waals surface area contributed by atoms with E-state index in [1.807, 2.05) is 0 Å². The largest absolute Gasteiger partial charge is 0.323 e. The molecule has 19 heavy (non-hydrogen) atoms. The molecule has 102 valence electrons. The quantitative estimate of drug-likeness (QED) is 0.877. The molecule has 2 aromatic heterocycles. The first-order valence-electron chi connectivity index (χ1n) is 6.89. The molecular weight excluding hydrogens is 276 g/mol. The molecular formula is C14H18N2OS2. The number of aryl methyl sites for hydroxylation is 2. The van der Waals surface area contributed by atoms with Gasteiger partial charge >= 0.3 is 0 Å². The summed E-state index contributed by atoms with van der Waals surface area (Å²) in [6.45, 7) is 5.01. The number of nitrogens with zero attached hydrogens (tertiary/aromatic N) is 1. The predicted molar refractivity (Wildman–Crippen MR) is 82.7 cm³/mol. The smallest absolute Gasteiger partial charge is 0.263 e. The monoisotopic (exact) mass is 294 g/mol. The summed E-state index contributed by atoms with van der Waals surface area (Å²) < 4.78 is 2.31. The fraction of sp³-hybridized carbons (Fsp3) is 0.571. The van der Waals surface area contributed by atoms with Crippen molar-refractivity contribution in [3.05, 3.63) is 25.6 Å². The van der Waals surface area contributed by atoms with Crippen LogP contribution in [0.2, 0.25) is 0 Å². The lowest BCUT2D eigenvalue weighted by Gasteiger charge is -2.11. The maximum absolute atomic E-state index is 12.7. The van der Waals surface area contributed by atoms with E-state index in [9.17, 15) is 4.79 Å². The van der Waals surface area contributed by atoms with Crippen molar-refractivity contribution in [3.63, 3.8) is 0 Å². The Labute approximate surface area is 121 Å². The molecule has 0 saturated heterocycles. The minimum Gasteiger partial charge on any atom is -0.323 e. The van der Waals surface area contributed by atoms with Gasteiger partial charge in [-0.2, -0.15) is 0 Å². The number of nitrogens with one attached hydrogen (secondary N) is 1. The molecule has 2 aromatic rings. The minimum atomic E-state index is 0.110. The van der Waals surface area contributed by atoms with Crippen LogP contribution in [0.25, 0.3) is 10.2 Å². The normalized spacial score (nSPS) is 15.9. The van der Waals surface area contributed by atoms with Crippen LogP contribution in [-0.4, -0.2) is 9.55 Å². The lowest BCUT2D eigenvalue weighted by Crippen LogP contribution is -2.25. The van der Waals surface area contributed by atoms with E-state index in [1.54, 1.807) is 15.9 Å². The molecule has 2 heterocycles. The molecule has 0 saturated carbocycles. The highest BCUT2D eigenvalue weighted by Crippen LogP contribution is 2.34. The molecule has 1 aliphatic carbocycles. The third-order valence-corrected chi connectivity index (χ3v) is 5.57. The van der Waals surface area contributed by atoms with E-state index >= 15 is 0 Å². The van der Waals surface area contributed by atoms with E-state index in [2.05, 4.69) is 18.8 Å². The molecule has 3 rings (SSSR count). The number of H-pyrrole nitrogens is 1. The Hall–Kier alpha value is -0.940. The molecule has 1 unspecified atom stereocenters. The Morgan fingerprint density at radius 2 is 2.26 bits per heavy atom. The molecule has 0 bridgehead atoms. The SMILES string of the molecule is CCC(C)Cn1c(=S)[nH]c2sc3c(c2c1=O)CCC3. The molecule has 0 fully saturated rings. The van der Waals surface area contributed by atoms with Crippen LogP contribution < -0.4 is 5.56 Å². The highest BCUT2D eigenvalue weighted by molar-refractivity contribution is 7.71. The van der Waals surface area contributed by atoms with Gasteiger partial charge < -0.3 is 4.98 Å². The lowest BCUT2D eigenvalue weighted by atomic mass is 10.1. The first-order valence-corrected chi connectivity index (χ1v) is 8.11. The number of thiophene rings is 1. The highest BCUT2D eigenvalue weighted by Gasteiger charge is 2.21. The number of hydrogen-bond donors (Lipinski definition) is 1. The average molecular weight is 294 g/mol. The van der Waals surface area contributed by atoms with Gasteiger partial charge in [-0.1, -0.05) is 20.3 Å². The molecule has 1 atom stereocenters. The van der Waals surface area contributed by atoms with Crippen molar-refractivity contribution in [2.24, 2.45) is 5.92 Å². The summed E-state index contributed by atoms with van der Waals surface area (Å²) in [6, 6.07) is 0. The second kappa shape index (κ2) is 4.87. The molecule has 0 spiro atoms. The standard InChI is InChI=1S/C14H18N2OS2/c1-3-8(2)7-16-13(17)11-9-5-4-6-10(9)19-12(11)15-14(16)18/h8H,3-7H2,1-2H3,(H,15,18). The Balaban J connectivity index is 2.23. The first-order chi connectivity index (χ1) is 9.11. The summed E-state index contributed by atoms with van der Waals surface area (Å²) in [6.07, 6.45) is 4.39. The Morgan fingerprint density at radius 3 is 3.00 bits per heavy atom. The topological polar surface area (TPSA) is 37.8 Å². The van der Waals surface area contributed by atoms with Crippen LogP contribution in [0.5, 0.6) is 0 Å². The highest BCUT2D eigenvalue weighted by atomic mass is 32.1. The van der Waals surface area contributed by atoms with Crippen molar-refractivity contribution in [1.29, 1.82) is 0 Å². The number of rotatable bonds is 3. The van der Waals surface area contributed by atoms with Crippen LogP contribution >= 0.6 is 23.6 Å². The number of aromatic nitrogens is 2. The molecule has 0 radical (unpaired) electrons. The van der Waals surface area contributed by atoms with Gasteiger partial charge in [0.2, 0.25) is 0 Å². The van der Waals surface area contributed by atoms with Crippen molar-refractivity contribution in [2.75, 3.05) is 0 Å². The van der Waals surface area contributed by atoms with Gasteiger partial charge in [0.05, 0.1) is 5.39 Å². The van der Waals surface area contributed by atoms with Gasteiger partial charge in [0.25, 0.3) is 5.56 Å². The van der Waals surface area contributed by atoms with Crippen LogP contribution in [0.3, 0.4) is 0 Å². The van der Waals surface area contributed by atoms with Crippen molar-refractivity contribution >= 4 is 33.8 Å². The third-order valence-electron chi connectivity index (χ3n) is 4.04. The third kappa shape index (κ3) is 2.09. The van der Waals surface area contributed by atoms with Crippen LogP contribution in [0.1, 0.15) is 37.1 Å². The summed E-state index contributed by atoms with van der Waals surface area (Å²) in [5.41, 5.74) is 1.38. The van der Waals surface area contributed by atoms with Gasteiger partial charge in [0, 0.05) is 11.4 Å². The van der Waals surface area contributed by atoms with Crippen molar-refractivity contribution in [3.8, 4) is 0 Å². The van der Waals surface area contributed by atoms with Gasteiger partial charge in [-0.25, -0.2) is 0 Å². The number of aromatic amines is 1. The van der Waals surface area contributed by atoms with Crippen molar-refractivity contribution < 1.29 is 0 Å². The van der Waals surface area contributed by atoms with Crippen LogP contribution in [0, 0.1) is 10.7 Å². The van der Waals surface area contributed by atoms with E-state index in [-0.39, 0.29) is 5.56 Å². The summed E-state index contributed by atoms with van der Waals surface area (Å²) >= 11 is 7.07. The average Bonchev–Trinajstić information content (AvgIpc) is 2.93. The van der Waals surface area contributed by atoms with E-state index in [0.29, 0.717) is 17.2 Å². The molecule has 1 aliphatic rings. The molecule has 0 aromatic carbocycles. The maximum atomic E-state index is 12.7. The van der Waals surface area contributed by atoms with Crippen LogP contribution in [0.15, 0.2) is 4.79 Å². The van der Waals surface area contributed by atoms with Gasteiger partial charge in [0.1, 0.15) is 4.83 Å². The van der Waals surface area contributed by atoms with Gasteiger partial charge in [-0.3, -0.25) is 9.36 Å². The van der Waals surface area contributed by atoms with Crippen LogP contribution in [-0.2, 0) is 19.4 Å². The van der Waals surface area contributed by atoms with Gasteiger partial charge in [-0.05, 0) is 43.0 Å². The second-order valence-corrected chi connectivity index (χ2v) is 6.91. The van der Waals surface area contributed by atoms with Crippen molar-refractivity contribution in [1.82, 2.24) is 9.55 Å².